The number of halogens is 1. The molecular weight excluding hydrogens is 465 g/mol. The van der Waals surface area contributed by atoms with Crippen LogP contribution in [-0.4, -0.2) is 31.5 Å². The first-order chi connectivity index (χ1) is 18.0. The van der Waals surface area contributed by atoms with Crippen LogP contribution >= 0.6 is 0 Å². The zero-order valence-corrected chi connectivity index (χ0v) is 20.5. The minimum atomic E-state index is -0.651. The molecule has 0 bridgehead atoms. The fraction of sp³-hybridized carbons (Fsp3) is 0.133. The molecule has 0 amide bonds. The lowest BCUT2D eigenvalue weighted by Gasteiger charge is -2.17. The Morgan fingerprint density at radius 1 is 0.838 bits per heavy atom. The van der Waals surface area contributed by atoms with Crippen LogP contribution in [0.4, 0.5) is 10.1 Å². The van der Waals surface area contributed by atoms with E-state index in [4.69, 9.17) is 0 Å². The number of hydrogen-bond donors (Lipinski definition) is 4. The molecule has 3 aromatic heterocycles. The van der Waals surface area contributed by atoms with Gasteiger partial charge in [0.2, 0.25) is 0 Å². The summed E-state index contributed by atoms with van der Waals surface area (Å²) in [5, 5.41) is 23.1. The maximum absolute atomic E-state index is 13.5. The normalized spacial score (nSPS) is 12.5. The highest BCUT2D eigenvalue weighted by molar-refractivity contribution is 6.01. The largest absolute Gasteiger partial charge is 0.374 e. The van der Waals surface area contributed by atoms with Crippen LogP contribution in [0.1, 0.15) is 13.8 Å². The van der Waals surface area contributed by atoms with Crippen molar-refractivity contribution in [1.82, 2.24) is 20.2 Å². The molecule has 0 aliphatic carbocycles. The Morgan fingerprint density at radius 3 is 2.46 bits per heavy atom. The number of hydrogen-bond acceptors (Lipinski definition) is 4. The van der Waals surface area contributed by atoms with E-state index < -0.39 is 6.23 Å². The van der Waals surface area contributed by atoms with E-state index in [1.165, 1.54) is 12.1 Å². The van der Waals surface area contributed by atoms with Gasteiger partial charge in [-0.15, -0.1) is 0 Å². The molecule has 6 aromatic rings. The summed E-state index contributed by atoms with van der Waals surface area (Å²) in [6.45, 7) is 3.91. The summed E-state index contributed by atoms with van der Waals surface area (Å²) in [5.74, 6) is -0.175. The Hall–Kier alpha value is -4.49. The number of pyridine rings is 1. The molecule has 4 N–H and O–H groups in total. The summed E-state index contributed by atoms with van der Waals surface area (Å²) in [7, 11) is 0. The van der Waals surface area contributed by atoms with Gasteiger partial charge in [-0.3, -0.25) is 10.1 Å². The van der Waals surface area contributed by atoms with Gasteiger partial charge in [0.05, 0.1) is 23.1 Å². The van der Waals surface area contributed by atoms with Crippen LogP contribution in [0.15, 0.2) is 85.2 Å². The lowest BCUT2D eigenvalue weighted by molar-refractivity contribution is 0.153. The van der Waals surface area contributed by atoms with E-state index in [2.05, 4.69) is 37.6 Å². The minimum absolute atomic E-state index is 0.0772. The third-order valence-electron chi connectivity index (χ3n) is 6.65. The van der Waals surface area contributed by atoms with Gasteiger partial charge >= 0.3 is 0 Å². The summed E-state index contributed by atoms with van der Waals surface area (Å²) in [6.07, 6.45) is 2.87. The summed E-state index contributed by atoms with van der Waals surface area (Å²) in [4.78, 5) is 7.87. The molecule has 7 heteroatoms. The topological polar surface area (TPSA) is 89.6 Å². The van der Waals surface area contributed by atoms with E-state index in [0.29, 0.717) is 0 Å². The second kappa shape index (κ2) is 9.19. The fourth-order valence-electron chi connectivity index (χ4n) is 4.58. The number of aliphatic hydroxyl groups is 1. The van der Waals surface area contributed by atoms with Crippen LogP contribution in [0.25, 0.3) is 55.4 Å². The van der Waals surface area contributed by atoms with Crippen molar-refractivity contribution in [1.29, 1.82) is 0 Å². The molecule has 6 rings (SSSR count). The molecule has 0 saturated heterocycles. The number of anilines is 1. The van der Waals surface area contributed by atoms with Crippen LogP contribution in [0.5, 0.6) is 0 Å². The standard InChI is InChI=1S/C30H26FN5O/c1-17(2)30(37)33-22-12-20(15-32-16-22)19-8-11-27-25(13-19)29(36-35-27)28-14-24-23(4-3-5-26(24)34-28)18-6-9-21(31)10-7-18/h3-17,30,33-34,37H,1-2H3,(H,35,36). The number of H-pyrrole nitrogens is 2. The van der Waals surface area contributed by atoms with Gasteiger partial charge in [0.25, 0.3) is 0 Å². The monoisotopic (exact) mass is 491 g/mol. The van der Waals surface area contributed by atoms with Crippen LogP contribution in [-0.2, 0) is 0 Å². The summed E-state index contributed by atoms with van der Waals surface area (Å²) in [6, 6.07) is 22.8. The molecule has 0 fully saturated rings. The average Bonchev–Trinajstić information content (AvgIpc) is 3.53. The predicted octanol–water partition coefficient (Wildman–Crippen LogP) is 6.97. The number of nitrogens with zero attached hydrogens (tertiary/aromatic N) is 2. The SMILES string of the molecule is CC(C)C(O)Nc1cncc(-c2ccc3[nH]nc(-c4cc5c(-c6ccc(F)cc6)cccc5[nH]4)c3c2)c1. The third kappa shape index (κ3) is 4.34. The zero-order chi connectivity index (χ0) is 25.5. The number of rotatable bonds is 6. The summed E-state index contributed by atoms with van der Waals surface area (Å²) < 4.78 is 13.5. The number of aromatic nitrogens is 4. The number of aliphatic hydroxyl groups excluding tert-OH is 1. The van der Waals surface area contributed by atoms with Gasteiger partial charge in [-0.2, -0.15) is 5.10 Å². The third-order valence-corrected chi connectivity index (χ3v) is 6.65. The molecule has 1 unspecified atom stereocenters. The molecule has 3 heterocycles. The Morgan fingerprint density at radius 2 is 1.65 bits per heavy atom. The predicted molar refractivity (Wildman–Crippen MR) is 146 cm³/mol. The van der Waals surface area contributed by atoms with E-state index in [1.807, 2.05) is 56.4 Å². The van der Waals surface area contributed by atoms with Gasteiger partial charge < -0.3 is 15.4 Å². The highest BCUT2D eigenvalue weighted by atomic mass is 19.1. The van der Waals surface area contributed by atoms with Crippen molar-refractivity contribution >= 4 is 27.5 Å². The highest BCUT2D eigenvalue weighted by Crippen LogP contribution is 2.35. The summed E-state index contributed by atoms with van der Waals surface area (Å²) >= 11 is 0. The second-order valence-electron chi connectivity index (χ2n) is 9.58. The van der Waals surface area contributed by atoms with Gasteiger partial charge in [-0.25, -0.2) is 4.39 Å². The van der Waals surface area contributed by atoms with Crippen molar-refractivity contribution in [2.24, 2.45) is 5.92 Å². The molecule has 0 spiro atoms. The van der Waals surface area contributed by atoms with Crippen LogP contribution < -0.4 is 5.32 Å². The first-order valence-electron chi connectivity index (χ1n) is 12.2. The zero-order valence-electron chi connectivity index (χ0n) is 20.5. The number of nitrogens with one attached hydrogen (secondary N) is 3. The Labute approximate surface area is 213 Å². The number of fused-ring (bicyclic) bond motifs is 2. The Bertz CT molecular complexity index is 1720. The lowest BCUT2D eigenvalue weighted by Crippen LogP contribution is -2.24. The molecule has 37 heavy (non-hydrogen) atoms. The van der Waals surface area contributed by atoms with Crippen LogP contribution in [0.2, 0.25) is 0 Å². The van der Waals surface area contributed by atoms with Crippen molar-refractivity contribution < 1.29 is 9.50 Å². The highest BCUT2D eigenvalue weighted by Gasteiger charge is 2.15. The van der Waals surface area contributed by atoms with Crippen LogP contribution in [0.3, 0.4) is 0 Å². The molecule has 3 aromatic carbocycles. The lowest BCUT2D eigenvalue weighted by atomic mass is 10.0. The van der Waals surface area contributed by atoms with E-state index in [1.54, 1.807) is 18.3 Å². The molecular formula is C30H26FN5O. The smallest absolute Gasteiger partial charge is 0.126 e. The fourth-order valence-corrected chi connectivity index (χ4v) is 4.58. The first-order valence-corrected chi connectivity index (χ1v) is 12.2. The molecule has 0 saturated carbocycles. The Kier molecular flexibility index (Phi) is 5.70. The van der Waals surface area contributed by atoms with Crippen molar-refractivity contribution in [3.63, 3.8) is 0 Å². The second-order valence-corrected chi connectivity index (χ2v) is 9.58. The quantitative estimate of drug-likeness (QED) is 0.190. The number of benzene rings is 3. The van der Waals surface area contributed by atoms with E-state index in [9.17, 15) is 9.50 Å². The van der Waals surface area contributed by atoms with Gasteiger partial charge in [0.1, 0.15) is 17.7 Å². The van der Waals surface area contributed by atoms with Gasteiger partial charge in [0, 0.05) is 28.0 Å². The van der Waals surface area contributed by atoms with Gasteiger partial charge in [-0.1, -0.05) is 44.2 Å². The minimum Gasteiger partial charge on any atom is -0.374 e. The molecule has 0 aliphatic heterocycles. The van der Waals surface area contributed by atoms with Gasteiger partial charge in [0.15, 0.2) is 0 Å². The molecule has 184 valence electrons. The van der Waals surface area contributed by atoms with Crippen molar-refractivity contribution in [2.75, 3.05) is 5.32 Å². The molecule has 0 radical (unpaired) electrons. The van der Waals surface area contributed by atoms with Gasteiger partial charge in [-0.05, 0) is 65.1 Å². The van der Waals surface area contributed by atoms with Crippen molar-refractivity contribution in [2.45, 2.75) is 20.1 Å². The Balaban J connectivity index is 1.40. The average molecular weight is 492 g/mol. The van der Waals surface area contributed by atoms with Crippen LogP contribution in [0, 0.1) is 11.7 Å². The number of aromatic amines is 2. The maximum Gasteiger partial charge on any atom is 0.126 e. The van der Waals surface area contributed by atoms with E-state index in [0.717, 1.165) is 61.1 Å². The molecule has 1 atom stereocenters. The molecule has 6 nitrogen and oxygen atoms in total. The van der Waals surface area contributed by atoms with E-state index in [-0.39, 0.29) is 11.7 Å². The maximum atomic E-state index is 13.5. The van der Waals surface area contributed by atoms with Crippen molar-refractivity contribution in [3.05, 3.63) is 91.0 Å². The first kappa shape index (κ1) is 22.9. The summed E-state index contributed by atoms with van der Waals surface area (Å²) in [5.41, 5.74) is 8.28. The molecule has 0 aliphatic rings. The van der Waals surface area contributed by atoms with Crippen molar-refractivity contribution in [3.8, 4) is 33.6 Å². The van der Waals surface area contributed by atoms with E-state index >= 15 is 0 Å².